The second-order valence-corrected chi connectivity index (χ2v) is 9.24. The number of rotatable bonds is 4. The third-order valence-corrected chi connectivity index (χ3v) is 7.27. The number of halogens is 1. The van der Waals surface area contributed by atoms with Crippen LogP contribution in [-0.2, 0) is 21.1 Å². The average Bonchev–Trinajstić information content (AvgIpc) is 2.79. The van der Waals surface area contributed by atoms with Crippen LogP contribution >= 0.6 is 11.6 Å². The summed E-state index contributed by atoms with van der Waals surface area (Å²) in [5, 5.41) is -0.187. The van der Waals surface area contributed by atoms with Gasteiger partial charge in [0, 0.05) is 24.5 Å². The molecule has 2 aromatic rings. The Morgan fingerprint density at radius 1 is 1.04 bits per heavy atom. The number of aryl methyl sites for hydroxylation is 1. The number of hydrogen-bond acceptors (Lipinski definition) is 3. The maximum absolute atomic E-state index is 12.7. The van der Waals surface area contributed by atoms with Crippen molar-refractivity contribution in [1.82, 2.24) is 4.90 Å². The van der Waals surface area contributed by atoms with Gasteiger partial charge in [0.05, 0.1) is 11.0 Å². The van der Waals surface area contributed by atoms with E-state index in [-0.39, 0.29) is 18.2 Å². The zero-order valence-corrected chi connectivity index (χ0v) is 16.0. The third kappa shape index (κ3) is 4.46. The summed E-state index contributed by atoms with van der Waals surface area (Å²) < 4.78 is 25.4. The summed E-state index contributed by atoms with van der Waals surface area (Å²) in [6.07, 6.45) is 1.43. The van der Waals surface area contributed by atoms with Gasteiger partial charge in [0.2, 0.25) is 5.91 Å². The number of nitrogens with zero attached hydrogens (tertiary/aromatic N) is 1. The first-order valence-corrected chi connectivity index (χ1v) is 10.8. The summed E-state index contributed by atoms with van der Waals surface area (Å²) in [5.74, 6) is -0.0242. The molecular weight excluding hydrogens is 370 g/mol. The molecule has 0 N–H and O–H groups in total. The molecular formula is C20H22ClNO3S. The molecule has 0 aromatic heterocycles. The summed E-state index contributed by atoms with van der Waals surface area (Å²) in [6, 6.07) is 16.9. The molecule has 0 spiro atoms. The van der Waals surface area contributed by atoms with Gasteiger partial charge in [-0.25, -0.2) is 8.42 Å². The molecule has 1 aliphatic rings. The molecule has 6 heteroatoms. The van der Waals surface area contributed by atoms with Gasteiger partial charge in [-0.15, -0.1) is 0 Å². The second kappa shape index (κ2) is 8.23. The lowest BCUT2D eigenvalue weighted by Crippen LogP contribution is -2.33. The van der Waals surface area contributed by atoms with Crippen molar-refractivity contribution < 1.29 is 13.2 Å². The van der Waals surface area contributed by atoms with Gasteiger partial charge in [-0.1, -0.05) is 60.1 Å². The fraction of sp³-hybridized carbons (Fsp3) is 0.350. The van der Waals surface area contributed by atoms with Crippen molar-refractivity contribution in [3.63, 3.8) is 0 Å². The zero-order chi connectivity index (χ0) is 18.6. The number of hydrogen-bond donors (Lipinski definition) is 0. The molecule has 1 unspecified atom stereocenters. The summed E-state index contributed by atoms with van der Waals surface area (Å²) >= 11 is 6.21. The van der Waals surface area contributed by atoms with Crippen LogP contribution in [0.15, 0.2) is 54.6 Å². The Balaban J connectivity index is 1.68. The Hall–Kier alpha value is -1.85. The lowest BCUT2D eigenvalue weighted by atomic mass is 10.1. The van der Waals surface area contributed by atoms with Crippen LogP contribution in [0, 0.1) is 0 Å². The molecule has 0 saturated carbocycles. The van der Waals surface area contributed by atoms with Crippen LogP contribution in [-0.4, -0.2) is 38.1 Å². The number of carbonyl (C=O) groups excluding carboxylic acids is 1. The van der Waals surface area contributed by atoms with Gasteiger partial charge in [-0.3, -0.25) is 4.79 Å². The van der Waals surface area contributed by atoms with Gasteiger partial charge in [-0.2, -0.15) is 0 Å². The quantitative estimate of drug-likeness (QED) is 0.799. The molecule has 0 aliphatic carbocycles. The van der Waals surface area contributed by atoms with E-state index in [0.29, 0.717) is 36.4 Å². The van der Waals surface area contributed by atoms with Crippen LogP contribution in [0.25, 0.3) is 0 Å². The largest absolute Gasteiger partial charge is 0.342 e. The van der Waals surface area contributed by atoms with E-state index in [4.69, 9.17) is 11.6 Å². The normalized spacial score (nSPS) is 19.7. The SMILES string of the molecule is O=C(CCc1ccccc1)N1CCC(c2ccccc2Cl)S(=O)(=O)CC1. The predicted octanol–water partition coefficient (Wildman–Crippen LogP) is 3.66. The van der Waals surface area contributed by atoms with Crippen LogP contribution in [0.2, 0.25) is 5.02 Å². The average molecular weight is 392 g/mol. The van der Waals surface area contributed by atoms with Crippen LogP contribution in [0.4, 0.5) is 0 Å². The van der Waals surface area contributed by atoms with Gasteiger partial charge in [0.1, 0.15) is 0 Å². The summed E-state index contributed by atoms with van der Waals surface area (Å²) in [5.41, 5.74) is 1.74. The first-order chi connectivity index (χ1) is 12.5. The van der Waals surface area contributed by atoms with Crippen LogP contribution in [0.1, 0.15) is 29.2 Å². The highest BCUT2D eigenvalue weighted by atomic mass is 35.5. The van der Waals surface area contributed by atoms with Crippen molar-refractivity contribution in [1.29, 1.82) is 0 Å². The maximum Gasteiger partial charge on any atom is 0.222 e. The second-order valence-electron chi connectivity index (χ2n) is 6.53. The molecule has 1 aliphatic heterocycles. The van der Waals surface area contributed by atoms with E-state index >= 15 is 0 Å². The van der Waals surface area contributed by atoms with E-state index in [2.05, 4.69) is 0 Å². The van der Waals surface area contributed by atoms with Gasteiger partial charge in [-0.05, 0) is 30.0 Å². The fourth-order valence-electron chi connectivity index (χ4n) is 3.33. The molecule has 4 nitrogen and oxygen atoms in total. The highest BCUT2D eigenvalue weighted by Crippen LogP contribution is 2.33. The summed E-state index contributed by atoms with van der Waals surface area (Å²) in [4.78, 5) is 14.2. The van der Waals surface area contributed by atoms with Gasteiger partial charge < -0.3 is 4.90 Å². The molecule has 1 atom stereocenters. The molecule has 1 amide bonds. The highest BCUT2D eigenvalue weighted by Gasteiger charge is 2.33. The molecule has 1 heterocycles. The molecule has 2 aromatic carbocycles. The van der Waals surface area contributed by atoms with Crippen LogP contribution < -0.4 is 0 Å². The topological polar surface area (TPSA) is 54.5 Å². The molecule has 1 saturated heterocycles. The van der Waals surface area contributed by atoms with Crippen molar-refractivity contribution in [2.24, 2.45) is 0 Å². The first kappa shape index (κ1) is 18.9. The minimum absolute atomic E-state index is 0.00358. The van der Waals surface area contributed by atoms with E-state index in [1.165, 1.54) is 0 Å². The number of sulfone groups is 1. The Bertz CT molecular complexity index is 868. The van der Waals surface area contributed by atoms with Gasteiger partial charge >= 0.3 is 0 Å². The Labute approximate surface area is 159 Å². The predicted molar refractivity (Wildman–Crippen MR) is 104 cm³/mol. The van der Waals surface area contributed by atoms with Gasteiger partial charge in [0.15, 0.2) is 9.84 Å². The van der Waals surface area contributed by atoms with Crippen molar-refractivity contribution in [2.45, 2.75) is 24.5 Å². The van der Waals surface area contributed by atoms with Crippen molar-refractivity contribution in [2.75, 3.05) is 18.8 Å². The third-order valence-electron chi connectivity index (χ3n) is 4.82. The van der Waals surface area contributed by atoms with E-state index in [1.807, 2.05) is 30.3 Å². The van der Waals surface area contributed by atoms with E-state index in [9.17, 15) is 13.2 Å². The van der Waals surface area contributed by atoms with Crippen molar-refractivity contribution in [3.8, 4) is 0 Å². The number of carbonyl (C=O) groups is 1. The standard InChI is InChI=1S/C20H22ClNO3S/c21-18-9-5-4-8-17(18)19-12-13-22(14-15-26(19,24)25)20(23)11-10-16-6-2-1-3-7-16/h1-9,19H,10-15H2. The van der Waals surface area contributed by atoms with Crippen molar-refractivity contribution >= 4 is 27.3 Å². The highest BCUT2D eigenvalue weighted by molar-refractivity contribution is 7.91. The molecule has 3 rings (SSSR count). The van der Waals surface area contributed by atoms with Crippen LogP contribution in [0.5, 0.6) is 0 Å². The van der Waals surface area contributed by atoms with E-state index < -0.39 is 15.1 Å². The van der Waals surface area contributed by atoms with E-state index in [1.54, 1.807) is 29.2 Å². The fourth-order valence-corrected chi connectivity index (χ4v) is 5.48. The monoisotopic (exact) mass is 391 g/mol. The van der Waals surface area contributed by atoms with Crippen LogP contribution in [0.3, 0.4) is 0 Å². The molecule has 0 radical (unpaired) electrons. The Morgan fingerprint density at radius 2 is 1.73 bits per heavy atom. The molecule has 26 heavy (non-hydrogen) atoms. The lowest BCUT2D eigenvalue weighted by molar-refractivity contribution is -0.130. The summed E-state index contributed by atoms with van der Waals surface area (Å²) in [7, 11) is -3.35. The minimum atomic E-state index is -3.35. The number of amides is 1. The Kier molecular flexibility index (Phi) is 5.99. The zero-order valence-electron chi connectivity index (χ0n) is 14.5. The molecule has 138 valence electrons. The molecule has 0 bridgehead atoms. The number of benzene rings is 2. The first-order valence-electron chi connectivity index (χ1n) is 8.75. The van der Waals surface area contributed by atoms with Crippen molar-refractivity contribution in [3.05, 3.63) is 70.7 Å². The van der Waals surface area contributed by atoms with E-state index in [0.717, 1.165) is 5.56 Å². The minimum Gasteiger partial charge on any atom is -0.342 e. The van der Waals surface area contributed by atoms with Gasteiger partial charge in [0.25, 0.3) is 0 Å². The summed E-state index contributed by atoms with van der Waals surface area (Å²) in [6.45, 7) is 0.680. The maximum atomic E-state index is 12.7. The Morgan fingerprint density at radius 3 is 2.46 bits per heavy atom. The lowest BCUT2D eigenvalue weighted by Gasteiger charge is -2.20. The molecule has 1 fully saturated rings. The smallest absolute Gasteiger partial charge is 0.222 e.